The highest BCUT2D eigenvalue weighted by molar-refractivity contribution is 6.33. The fourth-order valence-corrected chi connectivity index (χ4v) is 1.42. The van der Waals surface area contributed by atoms with E-state index in [0.29, 0.717) is 0 Å². The molecule has 0 aliphatic carbocycles. The largest absolute Gasteiger partial charge is 0.707 e. The van der Waals surface area contributed by atoms with E-state index in [1.807, 2.05) is 0 Å². The molecule has 0 unspecified atom stereocenters. The Balaban J connectivity index is 2.16. The maximum atomic E-state index is 13.5. The molecule has 0 heterocycles. The summed E-state index contributed by atoms with van der Waals surface area (Å²) in [6.07, 6.45) is 0. The molecule has 2 N–H and O–H groups in total. The molecule has 7 heteroatoms. The fourth-order valence-electron chi connectivity index (χ4n) is 1.42. The zero-order valence-electron chi connectivity index (χ0n) is 9.59. The highest BCUT2D eigenvalue weighted by Gasteiger charge is 2.15. The SMILES string of the molecule is OB(O)Oc1ccc(Oc2cccc(F)c2)cc1F. The Morgan fingerprint density at radius 1 is 0.947 bits per heavy atom. The Labute approximate surface area is 108 Å². The molecule has 2 aromatic carbocycles. The summed E-state index contributed by atoms with van der Waals surface area (Å²) < 4.78 is 36.0. The van der Waals surface area contributed by atoms with Gasteiger partial charge in [0.1, 0.15) is 23.1 Å². The number of ether oxygens (including phenoxy) is 1. The van der Waals surface area contributed by atoms with Crippen LogP contribution in [0.25, 0.3) is 0 Å². The third-order valence-corrected chi connectivity index (χ3v) is 2.17. The zero-order valence-corrected chi connectivity index (χ0v) is 9.59. The van der Waals surface area contributed by atoms with Crippen LogP contribution in [0.15, 0.2) is 42.5 Å². The molecular formula is C12H9BF2O4. The van der Waals surface area contributed by atoms with E-state index in [2.05, 4.69) is 4.65 Å². The van der Waals surface area contributed by atoms with Crippen molar-refractivity contribution >= 4 is 7.32 Å². The summed E-state index contributed by atoms with van der Waals surface area (Å²) in [7, 11) is -2.11. The van der Waals surface area contributed by atoms with Gasteiger partial charge in [0.25, 0.3) is 0 Å². The summed E-state index contributed by atoms with van der Waals surface area (Å²) in [5, 5.41) is 17.1. The van der Waals surface area contributed by atoms with Crippen molar-refractivity contribution in [1.29, 1.82) is 0 Å². The van der Waals surface area contributed by atoms with Gasteiger partial charge in [0.2, 0.25) is 0 Å². The molecule has 0 amide bonds. The van der Waals surface area contributed by atoms with Crippen LogP contribution >= 0.6 is 0 Å². The highest BCUT2D eigenvalue weighted by atomic mass is 19.1. The van der Waals surface area contributed by atoms with Crippen LogP contribution in [0.3, 0.4) is 0 Å². The lowest BCUT2D eigenvalue weighted by atomic mass is 10.2. The van der Waals surface area contributed by atoms with Gasteiger partial charge in [-0.15, -0.1) is 0 Å². The first-order valence-electron chi connectivity index (χ1n) is 5.30. The summed E-state index contributed by atoms with van der Waals surface area (Å²) in [6.45, 7) is 0. The van der Waals surface area contributed by atoms with Crippen LogP contribution in [-0.4, -0.2) is 17.4 Å². The van der Waals surface area contributed by atoms with Crippen LogP contribution in [0.2, 0.25) is 0 Å². The summed E-state index contributed by atoms with van der Waals surface area (Å²) >= 11 is 0. The van der Waals surface area contributed by atoms with Crippen molar-refractivity contribution in [2.24, 2.45) is 0 Å². The predicted molar refractivity (Wildman–Crippen MR) is 63.7 cm³/mol. The molecule has 0 atom stereocenters. The summed E-state index contributed by atoms with van der Waals surface area (Å²) in [5.74, 6) is -1.29. The van der Waals surface area contributed by atoms with E-state index in [1.165, 1.54) is 30.3 Å². The molecule has 0 fully saturated rings. The first-order valence-corrected chi connectivity index (χ1v) is 5.30. The molecule has 0 aliphatic heterocycles. The molecule has 4 nitrogen and oxygen atoms in total. The molecule has 2 aromatic rings. The molecule has 0 bridgehead atoms. The van der Waals surface area contributed by atoms with E-state index in [-0.39, 0.29) is 17.2 Å². The van der Waals surface area contributed by atoms with Crippen molar-refractivity contribution in [1.82, 2.24) is 0 Å². The van der Waals surface area contributed by atoms with Crippen LogP contribution < -0.4 is 9.39 Å². The van der Waals surface area contributed by atoms with E-state index < -0.39 is 19.0 Å². The van der Waals surface area contributed by atoms with Gasteiger partial charge in [-0.2, -0.15) is 0 Å². The lowest BCUT2D eigenvalue weighted by Gasteiger charge is -2.09. The van der Waals surface area contributed by atoms with Crippen molar-refractivity contribution in [3.8, 4) is 17.2 Å². The van der Waals surface area contributed by atoms with Crippen LogP contribution in [0.4, 0.5) is 8.78 Å². The van der Waals surface area contributed by atoms with Gasteiger partial charge in [-0.1, -0.05) is 6.07 Å². The van der Waals surface area contributed by atoms with Crippen LogP contribution in [-0.2, 0) is 0 Å². The van der Waals surface area contributed by atoms with Gasteiger partial charge >= 0.3 is 7.32 Å². The maximum absolute atomic E-state index is 13.5. The second-order valence-corrected chi connectivity index (χ2v) is 3.60. The molecule has 0 saturated heterocycles. The van der Waals surface area contributed by atoms with Gasteiger partial charge < -0.3 is 19.4 Å². The number of benzene rings is 2. The molecule has 2 rings (SSSR count). The second kappa shape index (κ2) is 5.68. The molecule has 0 aliphatic rings. The minimum absolute atomic E-state index is 0.128. The quantitative estimate of drug-likeness (QED) is 0.832. The molecule has 98 valence electrons. The van der Waals surface area contributed by atoms with Crippen LogP contribution in [0.1, 0.15) is 0 Å². The first-order chi connectivity index (χ1) is 9.04. The average molecular weight is 266 g/mol. The lowest BCUT2D eigenvalue weighted by Crippen LogP contribution is -2.21. The zero-order chi connectivity index (χ0) is 13.8. The van der Waals surface area contributed by atoms with Crippen molar-refractivity contribution in [3.05, 3.63) is 54.1 Å². The highest BCUT2D eigenvalue weighted by Crippen LogP contribution is 2.27. The molecule has 19 heavy (non-hydrogen) atoms. The third kappa shape index (κ3) is 3.67. The summed E-state index contributed by atoms with van der Waals surface area (Å²) in [5.41, 5.74) is 0. The minimum Gasteiger partial charge on any atom is -0.510 e. The Kier molecular flexibility index (Phi) is 3.98. The van der Waals surface area contributed by atoms with Crippen LogP contribution in [0.5, 0.6) is 17.2 Å². The van der Waals surface area contributed by atoms with Crippen LogP contribution in [0, 0.1) is 11.6 Å². The number of hydrogen-bond donors (Lipinski definition) is 2. The standard InChI is InChI=1S/C12H9BF2O4/c14-8-2-1-3-9(6-8)18-10-4-5-12(11(15)7-10)19-13(16)17/h1-7,16-17H. The van der Waals surface area contributed by atoms with E-state index >= 15 is 0 Å². The summed E-state index contributed by atoms with van der Waals surface area (Å²) in [6, 6.07) is 8.90. The van der Waals surface area contributed by atoms with Gasteiger partial charge in [0, 0.05) is 12.1 Å². The normalized spacial score (nSPS) is 10.1. The smallest absolute Gasteiger partial charge is 0.510 e. The van der Waals surface area contributed by atoms with Gasteiger partial charge in [-0.3, -0.25) is 0 Å². The molecule has 0 spiro atoms. The van der Waals surface area contributed by atoms with E-state index in [4.69, 9.17) is 14.8 Å². The maximum Gasteiger partial charge on any atom is 0.707 e. The van der Waals surface area contributed by atoms with Crippen molar-refractivity contribution in [3.63, 3.8) is 0 Å². The van der Waals surface area contributed by atoms with Gasteiger partial charge in [-0.25, -0.2) is 8.78 Å². The predicted octanol–water partition coefficient (Wildman–Crippen LogP) is 2.11. The average Bonchev–Trinajstić information content (AvgIpc) is 2.32. The topological polar surface area (TPSA) is 58.9 Å². The number of rotatable bonds is 4. The van der Waals surface area contributed by atoms with Crippen molar-refractivity contribution in [2.45, 2.75) is 0 Å². The van der Waals surface area contributed by atoms with Crippen molar-refractivity contribution < 1.29 is 28.2 Å². The minimum atomic E-state index is -2.11. The molecule has 0 saturated carbocycles. The van der Waals surface area contributed by atoms with E-state index in [0.717, 1.165) is 12.1 Å². The van der Waals surface area contributed by atoms with Crippen molar-refractivity contribution in [2.75, 3.05) is 0 Å². The number of hydrogen-bond acceptors (Lipinski definition) is 4. The Morgan fingerprint density at radius 3 is 2.32 bits per heavy atom. The first kappa shape index (κ1) is 13.3. The molecular weight excluding hydrogens is 257 g/mol. The lowest BCUT2D eigenvalue weighted by molar-refractivity contribution is 0.281. The third-order valence-electron chi connectivity index (χ3n) is 2.17. The Hall–Kier alpha value is -2.12. The van der Waals surface area contributed by atoms with Gasteiger partial charge in [0.15, 0.2) is 5.82 Å². The Morgan fingerprint density at radius 2 is 1.68 bits per heavy atom. The number of halogens is 2. The Bertz CT molecular complexity index is 577. The molecule has 0 radical (unpaired) electrons. The van der Waals surface area contributed by atoms with Gasteiger partial charge in [0.05, 0.1) is 0 Å². The van der Waals surface area contributed by atoms with E-state index in [1.54, 1.807) is 0 Å². The molecule has 0 aromatic heterocycles. The van der Waals surface area contributed by atoms with Gasteiger partial charge in [-0.05, 0) is 24.3 Å². The summed E-state index contributed by atoms with van der Waals surface area (Å²) in [4.78, 5) is 0. The second-order valence-electron chi connectivity index (χ2n) is 3.60. The fraction of sp³-hybridized carbons (Fsp3) is 0. The van der Waals surface area contributed by atoms with E-state index in [9.17, 15) is 8.78 Å². The monoisotopic (exact) mass is 266 g/mol.